The fourth-order valence-corrected chi connectivity index (χ4v) is 4.17. The number of nitrogens with one attached hydrogen (secondary N) is 1. The second-order valence-electron chi connectivity index (χ2n) is 7.92. The number of nitrogens with two attached hydrogens (primary N) is 1. The van der Waals surface area contributed by atoms with Crippen molar-refractivity contribution < 1.29 is 9.59 Å². The lowest BCUT2D eigenvalue weighted by molar-refractivity contribution is -0.125. The van der Waals surface area contributed by atoms with E-state index in [1.165, 1.54) is 6.08 Å². The van der Waals surface area contributed by atoms with Crippen LogP contribution in [0, 0.1) is 0 Å². The summed E-state index contributed by atoms with van der Waals surface area (Å²) in [7, 11) is 0. The molecule has 1 aliphatic heterocycles. The lowest BCUT2D eigenvalue weighted by atomic mass is 10.0. The highest BCUT2D eigenvalue weighted by Gasteiger charge is 2.30. The molecule has 170 valence electrons. The van der Waals surface area contributed by atoms with Crippen LogP contribution in [0.15, 0.2) is 67.6 Å². The second kappa shape index (κ2) is 8.74. The van der Waals surface area contributed by atoms with Crippen molar-refractivity contribution in [1.82, 2.24) is 29.2 Å². The Morgan fingerprint density at radius 1 is 1.12 bits per heavy atom. The SMILES string of the molecule is C=CC(=O)N1CCC(c2nc(-c3ccc(C(=O)Nc4ccccn4)nc3)n3c(N)nccc23)C1. The molecule has 1 aliphatic rings. The predicted octanol–water partition coefficient (Wildman–Crippen LogP) is 2.52. The summed E-state index contributed by atoms with van der Waals surface area (Å²) in [5.74, 6) is 0.926. The molecule has 0 aromatic carbocycles. The van der Waals surface area contributed by atoms with E-state index in [2.05, 4.69) is 26.8 Å². The van der Waals surface area contributed by atoms with Gasteiger partial charge in [-0.3, -0.25) is 19.0 Å². The van der Waals surface area contributed by atoms with Crippen LogP contribution in [0.2, 0.25) is 0 Å². The van der Waals surface area contributed by atoms with Gasteiger partial charge in [0.15, 0.2) is 0 Å². The van der Waals surface area contributed by atoms with Crippen molar-refractivity contribution in [2.45, 2.75) is 12.3 Å². The molecule has 0 bridgehead atoms. The number of hydrogen-bond acceptors (Lipinski definition) is 7. The molecule has 5 rings (SSSR count). The number of hydrogen-bond donors (Lipinski definition) is 2. The Balaban J connectivity index is 1.46. The molecule has 2 amide bonds. The number of imidazole rings is 1. The maximum absolute atomic E-state index is 12.5. The zero-order chi connectivity index (χ0) is 23.7. The van der Waals surface area contributed by atoms with Gasteiger partial charge in [-0.1, -0.05) is 12.6 Å². The van der Waals surface area contributed by atoms with Gasteiger partial charge < -0.3 is 16.0 Å². The Hall–Kier alpha value is -4.60. The zero-order valence-corrected chi connectivity index (χ0v) is 18.3. The summed E-state index contributed by atoms with van der Waals surface area (Å²) in [4.78, 5) is 43.8. The third-order valence-electron chi connectivity index (χ3n) is 5.83. The number of nitrogen functional groups attached to an aromatic ring is 1. The first-order valence-corrected chi connectivity index (χ1v) is 10.8. The van der Waals surface area contributed by atoms with Crippen LogP contribution in [-0.2, 0) is 4.79 Å². The lowest BCUT2D eigenvalue weighted by Crippen LogP contribution is -2.26. The summed E-state index contributed by atoms with van der Waals surface area (Å²) >= 11 is 0. The summed E-state index contributed by atoms with van der Waals surface area (Å²) < 4.78 is 1.78. The average Bonchev–Trinajstić information content (AvgIpc) is 3.50. The smallest absolute Gasteiger partial charge is 0.275 e. The Morgan fingerprint density at radius 3 is 2.74 bits per heavy atom. The maximum atomic E-state index is 12.5. The van der Waals surface area contributed by atoms with Crippen molar-refractivity contribution >= 4 is 29.1 Å². The molecule has 0 spiro atoms. The molecular formula is C24H22N8O2. The Bertz CT molecular complexity index is 1380. The van der Waals surface area contributed by atoms with E-state index in [4.69, 9.17) is 10.7 Å². The van der Waals surface area contributed by atoms with E-state index in [9.17, 15) is 9.59 Å². The highest BCUT2D eigenvalue weighted by Crippen LogP contribution is 2.33. The van der Waals surface area contributed by atoms with E-state index in [-0.39, 0.29) is 23.4 Å². The van der Waals surface area contributed by atoms with Crippen LogP contribution in [0.25, 0.3) is 16.9 Å². The Kier molecular flexibility index (Phi) is 5.46. The largest absolute Gasteiger partial charge is 0.369 e. The molecule has 5 heterocycles. The predicted molar refractivity (Wildman–Crippen MR) is 127 cm³/mol. The molecule has 1 fully saturated rings. The lowest BCUT2D eigenvalue weighted by Gasteiger charge is -2.13. The highest BCUT2D eigenvalue weighted by atomic mass is 16.2. The first-order chi connectivity index (χ1) is 16.5. The van der Waals surface area contributed by atoms with Crippen molar-refractivity contribution in [3.63, 3.8) is 0 Å². The van der Waals surface area contributed by atoms with E-state index in [1.807, 2.05) is 6.07 Å². The van der Waals surface area contributed by atoms with Crippen molar-refractivity contribution in [2.24, 2.45) is 0 Å². The number of fused-ring (bicyclic) bond motifs is 1. The van der Waals surface area contributed by atoms with Gasteiger partial charge in [-0.2, -0.15) is 0 Å². The number of carbonyl (C=O) groups is 2. The normalized spacial score (nSPS) is 15.4. The molecule has 0 saturated carbocycles. The number of nitrogens with zero attached hydrogens (tertiary/aromatic N) is 6. The topological polar surface area (TPSA) is 131 Å². The molecule has 0 radical (unpaired) electrons. The van der Waals surface area contributed by atoms with Crippen LogP contribution in [0.1, 0.15) is 28.5 Å². The van der Waals surface area contributed by atoms with Crippen LogP contribution in [0.4, 0.5) is 11.8 Å². The average molecular weight is 454 g/mol. The number of carbonyl (C=O) groups excluding carboxylic acids is 2. The quantitative estimate of drug-likeness (QED) is 0.443. The minimum absolute atomic E-state index is 0.0610. The monoisotopic (exact) mass is 454 g/mol. The molecule has 1 saturated heterocycles. The number of aromatic nitrogens is 5. The number of anilines is 2. The van der Waals surface area contributed by atoms with Crippen LogP contribution < -0.4 is 11.1 Å². The molecule has 1 unspecified atom stereocenters. The fourth-order valence-electron chi connectivity index (χ4n) is 4.17. The molecule has 10 nitrogen and oxygen atoms in total. The zero-order valence-electron chi connectivity index (χ0n) is 18.3. The first kappa shape index (κ1) is 21.3. The van der Waals surface area contributed by atoms with Gasteiger partial charge in [0.2, 0.25) is 11.9 Å². The van der Waals surface area contributed by atoms with Crippen molar-refractivity contribution in [3.05, 3.63) is 79.0 Å². The third-order valence-corrected chi connectivity index (χ3v) is 5.83. The van der Waals surface area contributed by atoms with Crippen LogP contribution in [-0.4, -0.2) is 54.1 Å². The number of rotatable bonds is 5. The van der Waals surface area contributed by atoms with Gasteiger partial charge in [0.05, 0.1) is 11.2 Å². The molecule has 10 heteroatoms. The minimum atomic E-state index is -0.363. The standard InChI is InChI=1S/C24H22N8O2/c1-2-20(33)31-12-9-16(14-31)21-18-8-11-27-24(25)32(18)22(30-21)15-6-7-17(28-13-15)23(34)29-19-5-3-4-10-26-19/h2-8,10-11,13,16H,1,9,12,14H2,(H2,25,27)(H,26,29,34). The Labute approximate surface area is 195 Å². The van der Waals surface area contributed by atoms with E-state index in [0.717, 1.165) is 17.6 Å². The van der Waals surface area contributed by atoms with Crippen molar-refractivity contribution in [2.75, 3.05) is 24.1 Å². The summed E-state index contributed by atoms with van der Waals surface area (Å²) in [5.41, 5.74) is 8.82. The molecule has 4 aromatic rings. The third kappa shape index (κ3) is 3.85. The fraction of sp³-hybridized carbons (Fsp3) is 0.167. The Morgan fingerprint density at radius 2 is 2.00 bits per heavy atom. The molecule has 1 atom stereocenters. The minimum Gasteiger partial charge on any atom is -0.369 e. The van der Waals surface area contributed by atoms with E-state index in [1.54, 1.807) is 58.2 Å². The summed E-state index contributed by atoms with van der Waals surface area (Å²) in [6, 6.07) is 10.5. The first-order valence-electron chi connectivity index (χ1n) is 10.8. The molecule has 4 aromatic heterocycles. The van der Waals surface area contributed by atoms with Crippen molar-refractivity contribution in [1.29, 1.82) is 0 Å². The van der Waals surface area contributed by atoms with Gasteiger partial charge in [0.25, 0.3) is 5.91 Å². The van der Waals surface area contributed by atoms with Gasteiger partial charge in [-0.05, 0) is 42.8 Å². The molecular weight excluding hydrogens is 432 g/mol. The van der Waals surface area contributed by atoms with Gasteiger partial charge in [0, 0.05) is 43.2 Å². The summed E-state index contributed by atoms with van der Waals surface area (Å²) in [5, 5.41) is 2.71. The molecule has 0 aliphatic carbocycles. The summed E-state index contributed by atoms with van der Waals surface area (Å²) in [6.45, 7) is 4.78. The van der Waals surface area contributed by atoms with Gasteiger partial charge in [0.1, 0.15) is 17.3 Å². The van der Waals surface area contributed by atoms with Crippen LogP contribution in [0.3, 0.4) is 0 Å². The summed E-state index contributed by atoms with van der Waals surface area (Å²) in [6.07, 6.45) is 6.95. The van der Waals surface area contributed by atoms with E-state index in [0.29, 0.717) is 36.2 Å². The van der Waals surface area contributed by atoms with E-state index < -0.39 is 0 Å². The number of pyridine rings is 2. The van der Waals surface area contributed by atoms with Gasteiger partial charge in [-0.25, -0.2) is 15.0 Å². The van der Waals surface area contributed by atoms with E-state index >= 15 is 0 Å². The number of amides is 2. The van der Waals surface area contributed by atoms with Gasteiger partial charge >= 0.3 is 0 Å². The van der Waals surface area contributed by atoms with Crippen LogP contribution in [0.5, 0.6) is 0 Å². The van der Waals surface area contributed by atoms with Crippen molar-refractivity contribution in [3.8, 4) is 11.4 Å². The molecule has 34 heavy (non-hydrogen) atoms. The molecule has 3 N–H and O–H groups in total. The highest BCUT2D eigenvalue weighted by molar-refractivity contribution is 6.02. The second-order valence-corrected chi connectivity index (χ2v) is 7.92. The maximum Gasteiger partial charge on any atom is 0.275 e. The number of likely N-dealkylation sites (tertiary alicyclic amines) is 1. The van der Waals surface area contributed by atoms with Gasteiger partial charge in [-0.15, -0.1) is 0 Å². The van der Waals surface area contributed by atoms with Crippen LogP contribution >= 0.6 is 0 Å².